The van der Waals surface area contributed by atoms with E-state index in [1.807, 2.05) is 18.1 Å². The predicted octanol–water partition coefficient (Wildman–Crippen LogP) is 2.56. The van der Waals surface area contributed by atoms with Gasteiger partial charge in [-0.3, -0.25) is 4.99 Å². The smallest absolute Gasteiger partial charge is 0.107 e. The molecule has 0 saturated heterocycles. The summed E-state index contributed by atoms with van der Waals surface area (Å²) in [5, 5.41) is 6.67. The van der Waals surface area contributed by atoms with E-state index in [1.54, 1.807) is 11.8 Å². The summed E-state index contributed by atoms with van der Waals surface area (Å²) in [6.45, 7) is 2.19. The molecule has 0 radical (unpaired) electrons. The molecular formula is C9H12N2S2. The van der Waals surface area contributed by atoms with Gasteiger partial charge in [-0.2, -0.15) is 0 Å². The van der Waals surface area contributed by atoms with E-state index < -0.39 is 0 Å². The summed E-state index contributed by atoms with van der Waals surface area (Å²) in [5.41, 5.74) is 1.43. The fourth-order valence-electron chi connectivity index (χ4n) is 1.46. The molecule has 13 heavy (non-hydrogen) atoms. The normalized spacial score (nSPS) is 25.7. The molecule has 2 nitrogen and oxygen atoms in total. The number of fused-ring (bicyclic) bond motifs is 1. The molecule has 1 atom stereocenters. The Morgan fingerprint density at radius 3 is 3.23 bits per heavy atom. The Kier molecular flexibility index (Phi) is 2.69. The fraction of sp³-hybridized carbons (Fsp3) is 0.444. The minimum Gasteiger partial charge on any atom is -0.341 e. The van der Waals surface area contributed by atoms with Crippen LogP contribution in [0, 0.1) is 0 Å². The summed E-state index contributed by atoms with van der Waals surface area (Å²) < 4.78 is 0. The maximum Gasteiger partial charge on any atom is 0.107 e. The lowest BCUT2D eigenvalue weighted by atomic mass is 10.1. The van der Waals surface area contributed by atoms with E-state index in [1.165, 1.54) is 15.5 Å². The van der Waals surface area contributed by atoms with Gasteiger partial charge in [-0.25, -0.2) is 0 Å². The van der Waals surface area contributed by atoms with Crippen molar-refractivity contribution >= 4 is 29.9 Å². The number of aliphatic imine (C=N–C) groups is 1. The summed E-state index contributed by atoms with van der Waals surface area (Å²) in [5.74, 6) is 0. The molecule has 0 aromatic heterocycles. The summed E-state index contributed by atoms with van der Waals surface area (Å²) >= 11 is 3.57. The Hall–Kier alpha value is -0.350. The van der Waals surface area contributed by atoms with Crippen LogP contribution < -0.4 is 5.32 Å². The highest BCUT2D eigenvalue weighted by Crippen LogP contribution is 2.42. The van der Waals surface area contributed by atoms with Gasteiger partial charge in [0.1, 0.15) is 6.04 Å². The van der Waals surface area contributed by atoms with Crippen LogP contribution in [0.2, 0.25) is 0 Å². The van der Waals surface area contributed by atoms with Gasteiger partial charge in [0.25, 0.3) is 0 Å². The molecule has 0 fully saturated rings. The molecule has 0 amide bonds. The third-order valence-electron chi connectivity index (χ3n) is 2.19. The Labute approximate surface area is 87.0 Å². The van der Waals surface area contributed by atoms with Crippen molar-refractivity contribution in [3.8, 4) is 0 Å². The molecular weight excluding hydrogens is 200 g/mol. The molecule has 0 bridgehead atoms. The zero-order chi connectivity index (χ0) is 9.26. The summed E-state index contributed by atoms with van der Waals surface area (Å²) in [6, 6.07) is 0.318. The first-order chi connectivity index (χ1) is 6.36. The molecule has 1 unspecified atom stereocenters. The minimum absolute atomic E-state index is 0.318. The van der Waals surface area contributed by atoms with Crippen LogP contribution in [0.1, 0.15) is 13.3 Å². The maximum atomic E-state index is 4.45. The van der Waals surface area contributed by atoms with Gasteiger partial charge < -0.3 is 5.32 Å². The average molecular weight is 212 g/mol. The quantitative estimate of drug-likeness (QED) is 0.761. The Bertz CT molecular complexity index is 305. The maximum absolute atomic E-state index is 4.45. The van der Waals surface area contributed by atoms with Crippen LogP contribution in [0.3, 0.4) is 0 Å². The van der Waals surface area contributed by atoms with Gasteiger partial charge in [-0.15, -0.1) is 11.8 Å². The molecule has 2 rings (SSSR count). The van der Waals surface area contributed by atoms with Gasteiger partial charge in [0.05, 0.1) is 11.4 Å². The van der Waals surface area contributed by atoms with E-state index in [2.05, 4.69) is 28.9 Å². The molecule has 2 aliphatic heterocycles. The van der Waals surface area contributed by atoms with Gasteiger partial charge >= 0.3 is 0 Å². The third-order valence-corrected chi connectivity index (χ3v) is 4.17. The topological polar surface area (TPSA) is 24.4 Å². The molecule has 0 spiro atoms. The van der Waals surface area contributed by atoms with Crippen molar-refractivity contribution in [2.45, 2.75) is 19.4 Å². The second kappa shape index (κ2) is 3.80. The lowest BCUT2D eigenvalue weighted by Gasteiger charge is -2.18. The molecule has 0 saturated carbocycles. The number of thioether (sulfide) groups is 2. The molecule has 2 heterocycles. The first kappa shape index (κ1) is 9.21. The van der Waals surface area contributed by atoms with Crippen molar-refractivity contribution in [2.75, 3.05) is 6.26 Å². The van der Waals surface area contributed by atoms with Crippen LogP contribution in [-0.4, -0.2) is 18.6 Å². The standard InChI is InChI=1S/C9H12N2S2/c1-3-6-4-13-8-7(6)10-5-11-9(8)12-2/h4-5,7H,3H2,1-2H3,(H,10,11). The molecule has 0 aliphatic carbocycles. The second-order valence-electron chi connectivity index (χ2n) is 2.89. The zero-order valence-electron chi connectivity index (χ0n) is 7.70. The van der Waals surface area contributed by atoms with Crippen molar-refractivity contribution in [2.24, 2.45) is 4.99 Å². The van der Waals surface area contributed by atoms with Crippen LogP contribution in [0.4, 0.5) is 0 Å². The minimum atomic E-state index is 0.318. The Balaban J connectivity index is 2.29. The second-order valence-corrected chi connectivity index (χ2v) is 4.61. The van der Waals surface area contributed by atoms with Gasteiger partial charge in [-0.1, -0.05) is 18.7 Å². The van der Waals surface area contributed by atoms with Gasteiger partial charge in [0.2, 0.25) is 0 Å². The number of hydrogen-bond acceptors (Lipinski definition) is 4. The Morgan fingerprint density at radius 1 is 1.69 bits per heavy atom. The van der Waals surface area contributed by atoms with E-state index in [-0.39, 0.29) is 0 Å². The van der Waals surface area contributed by atoms with Crippen LogP contribution >= 0.6 is 23.5 Å². The van der Waals surface area contributed by atoms with E-state index in [4.69, 9.17) is 0 Å². The zero-order valence-corrected chi connectivity index (χ0v) is 9.34. The largest absolute Gasteiger partial charge is 0.341 e. The number of hydrogen-bond donors (Lipinski definition) is 1. The van der Waals surface area contributed by atoms with Crippen LogP contribution in [-0.2, 0) is 0 Å². The number of nitrogens with zero attached hydrogens (tertiary/aromatic N) is 1. The highest BCUT2D eigenvalue weighted by molar-refractivity contribution is 8.08. The molecule has 1 N–H and O–H groups in total. The molecule has 70 valence electrons. The number of rotatable bonds is 2. The monoisotopic (exact) mass is 212 g/mol. The van der Waals surface area contributed by atoms with Crippen molar-refractivity contribution in [1.82, 2.24) is 5.32 Å². The first-order valence-electron chi connectivity index (χ1n) is 4.28. The average Bonchev–Trinajstić information content (AvgIpc) is 2.60. The summed E-state index contributed by atoms with van der Waals surface area (Å²) in [6.07, 6.45) is 5.01. The molecule has 4 heteroatoms. The lowest BCUT2D eigenvalue weighted by molar-refractivity contribution is 0.862. The summed E-state index contributed by atoms with van der Waals surface area (Å²) in [4.78, 5) is 5.81. The fourth-order valence-corrected chi connectivity index (χ4v) is 3.41. The van der Waals surface area contributed by atoms with Gasteiger partial charge in [0, 0.05) is 4.91 Å². The first-order valence-corrected chi connectivity index (χ1v) is 6.39. The molecule has 2 aliphatic rings. The highest BCUT2D eigenvalue weighted by Gasteiger charge is 2.27. The molecule has 0 aromatic carbocycles. The lowest BCUT2D eigenvalue weighted by Crippen LogP contribution is -2.21. The molecule has 0 aromatic rings. The van der Waals surface area contributed by atoms with Crippen molar-refractivity contribution < 1.29 is 0 Å². The summed E-state index contributed by atoms with van der Waals surface area (Å²) in [7, 11) is 0. The van der Waals surface area contributed by atoms with E-state index >= 15 is 0 Å². The highest BCUT2D eigenvalue weighted by atomic mass is 32.2. The third kappa shape index (κ3) is 1.53. The Morgan fingerprint density at radius 2 is 2.54 bits per heavy atom. The van der Waals surface area contributed by atoms with Gasteiger partial charge in [0.15, 0.2) is 0 Å². The van der Waals surface area contributed by atoms with Crippen LogP contribution in [0.25, 0.3) is 0 Å². The predicted molar refractivity (Wildman–Crippen MR) is 61.9 cm³/mol. The van der Waals surface area contributed by atoms with E-state index in [9.17, 15) is 0 Å². The van der Waals surface area contributed by atoms with Crippen molar-refractivity contribution in [1.29, 1.82) is 0 Å². The van der Waals surface area contributed by atoms with E-state index in [0.29, 0.717) is 6.04 Å². The van der Waals surface area contributed by atoms with Crippen molar-refractivity contribution in [3.05, 3.63) is 20.9 Å². The van der Waals surface area contributed by atoms with Crippen LogP contribution in [0.5, 0.6) is 0 Å². The SMILES string of the molecule is CCC1=CSC2=C(SC)NC=NC12. The number of nitrogens with one attached hydrogen (secondary N) is 1. The van der Waals surface area contributed by atoms with E-state index in [0.717, 1.165) is 6.42 Å². The van der Waals surface area contributed by atoms with Crippen LogP contribution in [0.15, 0.2) is 25.9 Å². The van der Waals surface area contributed by atoms with Gasteiger partial charge in [-0.05, 0) is 23.7 Å². The van der Waals surface area contributed by atoms with Crippen molar-refractivity contribution in [3.63, 3.8) is 0 Å².